The molecule has 0 fully saturated rings. The summed E-state index contributed by atoms with van der Waals surface area (Å²) in [6.07, 6.45) is 2.65. The number of carbonyl (C=O) groups is 1. The molecule has 0 saturated carbocycles. The highest BCUT2D eigenvalue weighted by atomic mass is 79.9. The van der Waals surface area contributed by atoms with Crippen molar-refractivity contribution in [3.05, 3.63) is 15.9 Å². The largest absolute Gasteiger partial charge is 0.468 e. The molecule has 0 aliphatic carbocycles. The van der Waals surface area contributed by atoms with E-state index in [2.05, 4.69) is 33.3 Å². The highest BCUT2D eigenvalue weighted by Crippen LogP contribution is 2.21. The second-order valence-electron chi connectivity index (χ2n) is 5.24. The molecule has 0 aromatic carbocycles. The Morgan fingerprint density at radius 3 is 2.55 bits per heavy atom. The lowest BCUT2D eigenvalue weighted by atomic mass is 9.95. The zero-order valence-corrected chi connectivity index (χ0v) is 14.5. The van der Waals surface area contributed by atoms with Crippen LogP contribution in [0.3, 0.4) is 0 Å². The van der Waals surface area contributed by atoms with Crippen molar-refractivity contribution in [3.8, 4) is 0 Å². The average molecular weight is 346 g/mol. The minimum Gasteiger partial charge on any atom is -0.468 e. The first-order chi connectivity index (χ1) is 9.35. The van der Waals surface area contributed by atoms with Gasteiger partial charge in [-0.05, 0) is 63.0 Å². The number of aryl methyl sites for hydroxylation is 2. The number of nitrogens with zero attached hydrogens (tertiary/aromatic N) is 2. The van der Waals surface area contributed by atoms with E-state index < -0.39 is 5.54 Å². The van der Waals surface area contributed by atoms with Gasteiger partial charge in [0.05, 0.1) is 17.3 Å². The Hall–Kier alpha value is -0.880. The maximum atomic E-state index is 11.7. The number of hydrogen-bond donors (Lipinski definition) is 1. The molecule has 0 aliphatic heterocycles. The standard InChI is InChI=1S/C14H24BrN3O2/c1-10-12(15)11(2)18(17-10)9-7-6-8-14(3,16-4)13(19)20-5/h16H,6-9H2,1-5H3. The van der Waals surface area contributed by atoms with Gasteiger partial charge in [-0.3, -0.25) is 9.48 Å². The summed E-state index contributed by atoms with van der Waals surface area (Å²) in [6, 6.07) is 0. The molecule has 0 amide bonds. The van der Waals surface area contributed by atoms with Crippen molar-refractivity contribution in [1.29, 1.82) is 0 Å². The zero-order valence-electron chi connectivity index (χ0n) is 12.9. The Morgan fingerprint density at radius 1 is 1.45 bits per heavy atom. The van der Waals surface area contributed by atoms with Gasteiger partial charge in [0.1, 0.15) is 5.54 Å². The molecule has 1 heterocycles. The maximum absolute atomic E-state index is 11.7. The highest BCUT2D eigenvalue weighted by molar-refractivity contribution is 9.10. The van der Waals surface area contributed by atoms with E-state index in [9.17, 15) is 4.79 Å². The smallest absolute Gasteiger partial charge is 0.325 e. The third kappa shape index (κ3) is 3.82. The molecule has 0 aliphatic rings. The van der Waals surface area contributed by atoms with Crippen LogP contribution in [0.1, 0.15) is 37.6 Å². The summed E-state index contributed by atoms with van der Waals surface area (Å²) < 4.78 is 7.92. The van der Waals surface area contributed by atoms with Crippen LogP contribution in [0.5, 0.6) is 0 Å². The van der Waals surface area contributed by atoms with Crippen molar-refractivity contribution < 1.29 is 9.53 Å². The van der Waals surface area contributed by atoms with Crippen LogP contribution < -0.4 is 5.32 Å². The second kappa shape index (κ2) is 7.22. The number of hydrogen-bond acceptors (Lipinski definition) is 4. The topological polar surface area (TPSA) is 56.2 Å². The summed E-state index contributed by atoms with van der Waals surface area (Å²) in [7, 11) is 3.21. The third-order valence-electron chi connectivity index (χ3n) is 3.78. The number of esters is 1. The summed E-state index contributed by atoms with van der Waals surface area (Å²) in [4.78, 5) is 11.7. The van der Waals surface area contributed by atoms with Crippen LogP contribution in [-0.4, -0.2) is 35.4 Å². The number of methoxy groups -OCH3 is 1. The first-order valence-electron chi connectivity index (χ1n) is 6.82. The van der Waals surface area contributed by atoms with Gasteiger partial charge in [0.15, 0.2) is 0 Å². The van der Waals surface area contributed by atoms with Crippen molar-refractivity contribution in [2.45, 2.75) is 52.1 Å². The molecule has 1 N–H and O–H groups in total. The van der Waals surface area contributed by atoms with E-state index in [0.29, 0.717) is 0 Å². The molecule has 0 radical (unpaired) electrons. The number of carbonyl (C=O) groups excluding carboxylic acids is 1. The Kier molecular flexibility index (Phi) is 6.20. The number of likely N-dealkylation sites (N-methyl/N-ethyl adjacent to an activating group) is 1. The van der Waals surface area contributed by atoms with Crippen LogP contribution in [-0.2, 0) is 16.1 Å². The molecule has 0 saturated heterocycles. The summed E-state index contributed by atoms with van der Waals surface area (Å²) >= 11 is 3.53. The van der Waals surface area contributed by atoms with Crippen LogP contribution in [0.15, 0.2) is 4.47 Å². The van der Waals surface area contributed by atoms with Crippen LogP contribution in [0.25, 0.3) is 0 Å². The molecule has 114 valence electrons. The van der Waals surface area contributed by atoms with Gasteiger partial charge in [0, 0.05) is 12.2 Å². The molecule has 1 aromatic heterocycles. The molecule has 0 spiro atoms. The van der Waals surface area contributed by atoms with Crippen molar-refractivity contribution >= 4 is 21.9 Å². The van der Waals surface area contributed by atoms with Gasteiger partial charge in [0.25, 0.3) is 0 Å². The van der Waals surface area contributed by atoms with E-state index in [-0.39, 0.29) is 5.97 Å². The zero-order chi connectivity index (χ0) is 15.3. The molecular formula is C14H24BrN3O2. The lowest BCUT2D eigenvalue weighted by Gasteiger charge is -2.25. The van der Waals surface area contributed by atoms with E-state index in [0.717, 1.165) is 41.7 Å². The van der Waals surface area contributed by atoms with Gasteiger partial charge in [-0.25, -0.2) is 0 Å². The summed E-state index contributed by atoms with van der Waals surface area (Å²) in [5.74, 6) is -0.214. The third-order valence-corrected chi connectivity index (χ3v) is 4.93. The van der Waals surface area contributed by atoms with Gasteiger partial charge >= 0.3 is 5.97 Å². The van der Waals surface area contributed by atoms with Crippen molar-refractivity contribution in [2.24, 2.45) is 0 Å². The maximum Gasteiger partial charge on any atom is 0.325 e. The monoisotopic (exact) mass is 345 g/mol. The number of nitrogens with one attached hydrogen (secondary N) is 1. The van der Waals surface area contributed by atoms with Crippen LogP contribution in [0.2, 0.25) is 0 Å². The Labute approximate surface area is 129 Å². The van der Waals surface area contributed by atoms with E-state index in [1.165, 1.54) is 7.11 Å². The molecular weight excluding hydrogens is 322 g/mol. The minimum absolute atomic E-state index is 0.214. The quantitative estimate of drug-likeness (QED) is 0.609. The SMILES string of the molecule is CNC(C)(CCCCn1nc(C)c(Br)c1C)C(=O)OC. The fourth-order valence-electron chi connectivity index (χ4n) is 2.19. The van der Waals surface area contributed by atoms with E-state index in [4.69, 9.17) is 4.74 Å². The molecule has 6 heteroatoms. The van der Waals surface area contributed by atoms with Crippen LogP contribution in [0.4, 0.5) is 0 Å². The Balaban J connectivity index is 2.48. The number of rotatable bonds is 7. The predicted octanol–water partition coefficient (Wildman–Crippen LogP) is 2.58. The van der Waals surface area contributed by atoms with Gasteiger partial charge < -0.3 is 10.1 Å². The fraction of sp³-hybridized carbons (Fsp3) is 0.714. The van der Waals surface area contributed by atoms with Gasteiger partial charge in [-0.1, -0.05) is 0 Å². The minimum atomic E-state index is -0.607. The molecule has 0 bridgehead atoms. The number of unbranched alkanes of at least 4 members (excludes halogenated alkanes) is 1. The predicted molar refractivity (Wildman–Crippen MR) is 82.7 cm³/mol. The molecule has 1 atom stereocenters. The first-order valence-corrected chi connectivity index (χ1v) is 7.62. The second-order valence-corrected chi connectivity index (χ2v) is 6.03. The van der Waals surface area contributed by atoms with E-state index in [1.54, 1.807) is 7.05 Å². The van der Waals surface area contributed by atoms with Crippen molar-refractivity contribution in [3.63, 3.8) is 0 Å². The van der Waals surface area contributed by atoms with Gasteiger partial charge in [-0.2, -0.15) is 5.10 Å². The van der Waals surface area contributed by atoms with Crippen molar-refractivity contribution in [2.75, 3.05) is 14.2 Å². The first kappa shape index (κ1) is 17.2. The fourth-order valence-corrected chi connectivity index (χ4v) is 2.47. The van der Waals surface area contributed by atoms with Crippen molar-refractivity contribution in [1.82, 2.24) is 15.1 Å². The molecule has 5 nitrogen and oxygen atoms in total. The summed E-state index contributed by atoms with van der Waals surface area (Å²) in [5, 5.41) is 7.53. The number of aromatic nitrogens is 2. The average Bonchev–Trinajstić information content (AvgIpc) is 2.69. The Morgan fingerprint density at radius 2 is 2.10 bits per heavy atom. The normalized spacial score (nSPS) is 14.1. The molecule has 1 aromatic rings. The van der Waals surface area contributed by atoms with Crippen LogP contribution in [0, 0.1) is 13.8 Å². The molecule has 1 rings (SSSR count). The Bertz CT molecular complexity index is 473. The summed E-state index contributed by atoms with van der Waals surface area (Å²) in [6.45, 7) is 6.77. The van der Waals surface area contributed by atoms with Gasteiger partial charge in [-0.15, -0.1) is 0 Å². The molecule has 1 unspecified atom stereocenters. The molecule has 20 heavy (non-hydrogen) atoms. The van der Waals surface area contributed by atoms with Gasteiger partial charge in [0.2, 0.25) is 0 Å². The van der Waals surface area contributed by atoms with E-state index >= 15 is 0 Å². The number of ether oxygens (including phenoxy) is 1. The van der Waals surface area contributed by atoms with E-state index in [1.807, 2.05) is 18.5 Å². The lowest BCUT2D eigenvalue weighted by Crippen LogP contribution is -2.48. The lowest BCUT2D eigenvalue weighted by molar-refractivity contribution is -0.148. The summed E-state index contributed by atoms with van der Waals surface area (Å²) in [5.41, 5.74) is 1.55. The van der Waals surface area contributed by atoms with Crippen LogP contribution >= 0.6 is 15.9 Å². The highest BCUT2D eigenvalue weighted by Gasteiger charge is 2.31. The number of halogens is 1.